The van der Waals surface area contributed by atoms with Gasteiger partial charge in [0.05, 0.1) is 24.5 Å². The largest absolute Gasteiger partial charge is 0.497 e. The lowest BCUT2D eigenvalue weighted by Crippen LogP contribution is -2.12. The predicted octanol–water partition coefficient (Wildman–Crippen LogP) is 2.95. The third kappa shape index (κ3) is 3.43. The summed E-state index contributed by atoms with van der Waals surface area (Å²) in [6, 6.07) is 7.81. The smallest absolute Gasteiger partial charge is 0.217 e. The third-order valence-corrected chi connectivity index (χ3v) is 4.84. The van der Waals surface area contributed by atoms with Crippen molar-refractivity contribution in [3.8, 4) is 11.5 Å². The van der Waals surface area contributed by atoms with Crippen molar-refractivity contribution in [2.75, 3.05) is 13.7 Å². The molecule has 0 aliphatic carbocycles. The number of ether oxygens (including phenoxy) is 2. The Labute approximate surface area is 162 Å². The Bertz CT molecular complexity index is 1080. The Kier molecular flexibility index (Phi) is 4.73. The van der Waals surface area contributed by atoms with E-state index < -0.39 is 0 Å². The number of hydrogen-bond acceptors (Lipinski definition) is 5. The first kappa shape index (κ1) is 18.0. The highest BCUT2D eigenvalue weighted by Crippen LogP contribution is 2.33. The van der Waals surface area contributed by atoms with Gasteiger partial charge in [-0.15, -0.1) is 0 Å². The minimum absolute atomic E-state index is 0.297. The van der Waals surface area contributed by atoms with E-state index in [1.54, 1.807) is 13.3 Å². The van der Waals surface area contributed by atoms with Crippen LogP contribution in [0.1, 0.15) is 29.7 Å². The molecule has 1 aliphatic heterocycles. The molecule has 0 unspecified atom stereocenters. The van der Waals surface area contributed by atoms with Crippen LogP contribution in [0, 0.1) is 6.92 Å². The molecule has 1 aromatic carbocycles. The number of aryl methyl sites for hydroxylation is 2. The van der Waals surface area contributed by atoms with Crippen LogP contribution in [-0.2, 0) is 11.3 Å². The lowest BCUT2D eigenvalue weighted by molar-refractivity contribution is -0.118. The number of pyridine rings is 1. The molecule has 7 heteroatoms. The number of fused-ring (bicyclic) bond motifs is 2. The molecule has 7 nitrogen and oxygen atoms in total. The summed E-state index contributed by atoms with van der Waals surface area (Å²) in [4.78, 5) is 15.7. The standard InChI is InChI=1S/C21H22N4O3/c1-13-8-17(15-9-14-10-16(27-2)5-6-19(14)28-12-15)24-18-11-23-25(21(13)18)7-3-4-20(22)26/h5-6,8-11H,3-4,7,12H2,1-2H3,(H2,22,26). The van der Waals surface area contributed by atoms with E-state index in [-0.39, 0.29) is 5.91 Å². The van der Waals surface area contributed by atoms with Crippen molar-refractivity contribution in [2.24, 2.45) is 5.73 Å². The molecule has 2 N–H and O–H groups in total. The summed E-state index contributed by atoms with van der Waals surface area (Å²) in [5, 5.41) is 4.43. The molecule has 3 aromatic rings. The van der Waals surface area contributed by atoms with Crippen molar-refractivity contribution >= 4 is 28.6 Å². The predicted molar refractivity (Wildman–Crippen MR) is 107 cm³/mol. The summed E-state index contributed by atoms with van der Waals surface area (Å²) in [7, 11) is 1.65. The zero-order valence-corrected chi connectivity index (χ0v) is 15.9. The van der Waals surface area contributed by atoms with Gasteiger partial charge in [0.25, 0.3) is 0 Å². The molecular weight excluding hydrogens is 356 g/mol. The maximum Gasteiger partial charge on any atom is 0.217 e. The average Bonchev–Trinajstić information content (AvgIpc) is 3.10. The normalized spacial score (nSPS) is 13.0. The molecule has 0 saturated heterocycles. The van der Waals surface area contributed by atoms with Crippen LogP contribution < -0.4 is 15.2 Å². The Hall–Kier alpha value is -3.35. The maximum absolute atomic E-state index is 11.0. The summed E-state index contributed by atoms with van der Waals surface area (Å²) in [5.41, 5.74) is 11.0. The SMILES string of the molecule is COc1ccc2c(c1)C=C(c1cc(C)c3c(cnn3CCCC(N)=O)n1)CO2. The molecule has 0 bridgehead atoms. The molecule has 0 atom stereocenters. The van der Waals surface area contributed by atoms with Gasteiger partial charge < -0.3 is 15.2 Å². The summed E-state index contributed by atoms with van der Waals surface area (Å²) < 4.78 is 13.1. The fourth-order valence-corrected chi connectivity index (χ4v) is 3.47. The number of amides is 1. The molecule has 2 aromatic heterocycles. The van der Waals surface area contributed by atoms with Crippen molar-refractivity contribution < 1.29 is 14.3 Å². The summed E-state index contributed by atoms with van der Waals surface area (Å²) in [6.07, 6.45) is 4.85. The Balaban J connectivity index is 1.66. The van der Waals surface area contributed by atoms with E-state index in [2.05, 4.69) is 17.2 Å². The summed E-state index contributed by atoms with van der Waals surface area (Å²) >= 11 is 0. The molecule has 144 valence electrons. The molecule has 0 spiro atoms. The number of nitrogens with two attached hydrogens (primary N) is 1. The van der Waals surface area contributed by atoms with Gasteiger partial charge in [0.1, 0.15) is 23.6 Å². The van der Waals surface area contributed by atoms with E-state index in [0.717, 1.165) is 44.9 Å². The van der Waals surface area contributed by atoms with Gasteiger partial charge in [-0.3, -0.25) is 9.48 Å². The quantitative estimate of drug-likeness (QED) is 0.712. The van der Waals surface area contributed by atoms with Crippen LogP contribution in [0.2, 0.25) is 0 Å². The molecular formula is C21H22N4O3. The van der Waals surface area contributed by atoms with Crippen molar-refractivity contribution in [3.63, 3.8) is 0 Å². The van der Waals surface area contributed by atoms with Crippen LogP contribution in [0.5, 0.6) is 11.5 Å². The van der Waals surface area contributed by atoms with E-state index in [0.29, 0.717) is 26.0 Å². The zero-order chi connectivity index (χ0) is 19.7. The first-order valence-electron chi connectivity index (χ1n) is 9.18. The van der Waals surface area contributed by atoms with E-state index in [1.807, 2.05) is 29.8 Å². The topological polar surface area (TPSA) is 92.3 Å². The molecule has 3 heterocycles. The zero-order valence-electron chi connectivity index (χ0n) is 15.9. The molecule has 4 rings (SSSR count). The summed E-state index contributed by atoms with van der Waals surface area (Å²) in [5.74, 6) is 1.33. The number of hydrogen-bond donors (Lipinski definition) is 1. The van der Waals surface area contributed by atoms with Gasteiger partial charge in [-0.05, 0) is 49.2 Å². The van der Waals surface area contributed by atoms with Gasteiger partial charge in [0.15, 0.2) is 0 Å². The molecule has 28 heavy (non-hydrogen) atoms. The first-order chi connectivity index (χ1) is 13.5. The van der Waals surface area contributed by atoms with Crippen LogP contribution in [0.4, 0.5) is 0 Å². The highest BCUT2D eigenvalue weighted by atomic mass is 16.5. The van der Waals surface area contributed by atoms with Crippen LogP contribution >= 0.6 is 0 Å². The van der Waals surface area contributed by atoms with Gasteiger partial charge >= 0.3 is 0 Å². The minimum Gasteiger partial charge on any atom is -0.497 e. The Morgan fingerprint density at radius 2 is 2.21 bits per heavy atom. The minimum atomic E-state index is -0.297. The van der Waals surface area contributed by atoms with E-state index in [1.165, 1.54) is 0 Å². The number of rotatable bonds is 6. The second-order valence-electron chi connectivity index (χ2n) is 6.86. The third-order valence-electron chi connectivity index (χ3n) is 4.84. The fraction of sp³-hybridized carbons (Fsp3) is 0.286. The van der Waals surface area contributed by atoms with Gasteiger partial charge in [0.2, 0.25) is 5.91 Å². The van der Waals surface area contributed by atoms with Crippen molar-refractivity contribution in [1.82, 2.24) is 14.8 Å². The maximum atomic E-state index is 11.0. The van der Waals surface area contributed by atoms with Gasteiger partial charge in [0, 0.05) is 24.1 Å². The number of aromatic nitrogens is 3. The molecule has 1 amide bonds. The number of carbonyl (C=O) groups is 1. The van der Waals surface area contributed by atoms with E-state index in [9.17, 15) is 4.79 Å². The number of methoxy groups -OCH3 is 1. The van der Waals surface area contributed by atoms with Crippen molar-refractivity contribution in [3.05, 3.63) is 47.3 Å². The van der Waals surface area contributed by atoms with Crippen LogP contribution in [0.15, 0.2) is 30.5 Å². The Morgan fingerprint density at radius 3 is 3.00 bits per heavy atom. The molecule has 0 fully saturated rings. The van der Waals surface area contributed by atoms with E-state index in [4.69, 9.17) is 20.2 Å². The highest BCUT2D eigenvalue weighted by Gasteiger charge is 2.17. The lowest BCUT2D eigenvalue weighted by Gasteiger charge is -2.19. The summed E-state index contributed by atoms with van der Waals surface area (Å²) in [6.45, 7) is 3.14. The van der Waals surface area contributed by atoms with E-state index >= 15 is 0 Å². The monoisotopic (exact) mass is 378 g/mol. The van der Waals surface area contributed by atoms with Crippen LogP contribution in [-0.4, -0.2) is 34.4 Å². The fourth-order valence-electron chi connectivity index (χ4n) is 3.47. The lowest BCUT2D eigenvalue weighted by atomic mass is 10.0. The van der Waals surface area contributed by atoms with Gasteiger partial charge in [-0.1, -0.05) is 0 Å². The molecule has 0 radical (unpaired) electrons. The van der Waals surface area contributed by atoms with Crippen LogP contribution in [0.3, 0.4) is 0 Å². The Morgan fingerprint density at radius 1 is 1.36 bits per heavy atom. The number of benzene rings is 1. The second kappa shape index (κ2) is 7.34. The van der Waals surface area contributed by atoms with Crippen LogP contribution in [0.25, 0.3) is 22.7 Å². The average molecular weight is 378 g/mol. The molecule has 0 saturated carbocycles. The van der Waals surface area contributed by atoms with Gasteiger partial charge in [-0.2, -0.15) is 5.10 Å². The van der Waals surface area contributed by atoms with Gasteiger partial charge in [-0.25, -0.2) is 4.98 Å². The second-order valence-corrected chi connectivity index (χ2v) is 6.86. The highest BCUT2D eigenvalue weighted by molar-refractivity contribution is 5.88. The first-order valence-corrected chi connectivity index (χ1v) is 9.18. The number of nitrogens with zero attached hydrogens (tertiary/aromatic N) is 3. The number of carbonyl (C=O) groups excluding carboxylic acids is 1. The number of primary amides is 1. The van der Waals surface area contributed by atoms with Crippen molar-refractivity contribution in [1.29, 1.82) is 0 Å². The van der Waals surface area contributed by atoms with Crippen molar-refractivity contribution in [2.45, 2.75) is 26.3 Å². The molecule has 1 aliphatic rings.